The highest BCUT2D eigenvalue weighted by Gasteiger charge is 2.12. The number of halogens is 2. The van der Waals surface area contributed by atoms with Crippen molar-refractivity contribution in [3.63, 3.8) is 0 Å². The van der Waals surface area contributed by atoms with Crippen LogP contribution in [-0.2, 0) is 4.79 Å². The molecule has 1 heterocycles. The monoisotopic (exact) mass is 470 g/mol. The molecule has 1 amide bonds. The molecule has 1 aromatic heterocycles. The summed E-state index contributed by atoms with van der Waals surface area (Å²) in [5.74, 6) is 1.27. The molecule has 0 spiro atoms. The van der Waals surface area contributed by atoms with E-state index in [1.165, 1.54) is 7.11 Å². The lowest BCUT2D eigenvalue weighted by atomic mass is 10.3. The summed E-state index contributed by atoms with van der Waals surface area (Å²) in [6.45, 7) is 1.56. The third kappa shape index (κ3) is 6.06. The van der Waals surface area contributed by atoms with Crippen LogP contribution in [-0.4, -0.2) is 25.3 Å². The van der Waals surface area contributed by atoms with Crippen LogP contribution < -0.4 is 14.9 Å². The fourth-order valence-corrected chi connectivity index (χ4v) is 3.08. The van der Waals surface area contributed by atoms with E-state index in [9.17, 15) is 4.79 Å². The van der Waals surface area contributed by atoms with E-state index in [0.717, 1.165) is 4.47 Å². The Morgan fingerprint density at radius 3 is 2.88 bits per heavy atom. The Morgan fingerprint density at radius 2 is 2.20 bits per heavy atom. The fourth-order valence-electron chi connectivity index (χ4n) is 1.78. The zero-order valence-electron chi connectivity index (χ0n) is 13.6. The highest BCUT2D eigenvalue weighted by Crippen LogP contribution is 2.38. The van der Waals surface area contributed by atoms with E-state index in [1.54, 1.807) is 43.5 Å². The molecule has 2 rings (SSSR count). The van der Waals surface area contributed by atoms with E-state index in [1.807, 2.05) is 6.07 Å². The second-order valence-corrected chi connectivity index (χ2v) is 6.61. The largest absolute Gasteiger partial charge is 0.493 e. The van der Waals surface area contributed by atoms with Gasteiger partial charge in [0, 0.05) is 4.47 Å². The maximum atomic E-state index is 11.9. The van der Waals surface area contributed by atoms with Crippen molar-refractivity contribution in [3.8, 4) is 11.5 Å². The first-order chi connectivity index (χ1) is 12.0. The third-order valence-electron chi connectivity index (χ3n) is 2.93. The van der Waals surface area contributed by atoms with Gasteiger partial charge in [-0.25, -0.2) is 5.43 Å². The summed E-state index contributed by atoms with van der Waals surface area (Å²) in [6, 6.07) is 7.16. The van der Waals surface area contributed by atoms with Crippen LogP contribution in [0, 0.1) is 0 Å². The molecule has 0 fully saturated rings. The van der Waals surface area contributed by atoms with Crippen LogP contribution in [0.5, 0.6) is 11.5 Å². The minimum absolute atomic E-state index is 0.199. The molecule has 0 saturated carbocycles. The molecule has 0 bridgehead atoms. The summed E-state index contributed by atoms with van der Waals surface area (Å²) in [6.07, 6.45) is 5.07. The number of nitrogens with one attached hydrogen (secondary N) is 1. The molecule has 0 aliphatic rings. The van der Waals surface area contributed by atoms with Gasteiger partial charge < -0.3 is 13.9 Å². The van der Waals surface area contributed by atoms with Crippen LogP contribution in [0.3, 0.4) is 0 Å². The Kier molecular flexibility index (Phi) is 7.27. The average molecular weight is 472 g/mol. The topological polar surface area (TPSA) is 73.1 Å². The summed E-state index contributed by atoms with van der Waals surface area (Å²) in [5, 5.41) is 3.97. The van der Waals surface area contributed by atoms with Crippen molar-refractivity contribution in [2.24, 2.45) is 5.10 Å². The molecule has 1 N–H and O–H groups in total. The SMILES string of the molecule is COc1cc(Br)cc(Br)c1OCC(=O)NN=C(C)/C=C\c1ccco1. The van der Waals surface area contributed by atoms with Crippen LogP contribution in [0.4, 0.5) is 0 Å². The molecule has 8 heteroatoms. The lowest BCUT2D eigenvalue weighted by Gasteiger charge is -2.12. The van der Waals surface area contributed by atoms with Gasteiger partial charge in [0.25, 0.3) is 5.91 Å². The quantitative estimate of drug-likeness (QED) is 0.479. The zero-order chi connectivity index (χ0) is 18.2. The number of methoxy groups -OCH3 is 1. The number of carbonyl (C=O) groups excluding carboxylic acids is 1. The third-order valence-corrected chi connectivity index (χ3v) is 3.98. The summed E-state index contributed by atoms with van der Waals surface area (Å²) in [5.41, 5.74) is 3.05. The van der Waals surface area contributed by atoms with Crippen LogP contribution >= 0.6 is 31.9 Å². The number of hydrogen-bond acceptors (Lipinski definition) is 5. The van der Waals surface area contributed by atoms with Crippen LogP contribution in [0.1, 0.15) is 12.7 Å². The first-order valence-corrected chi connectivity index (χ1v) is 8.78. The number of amides is 1. The van der Waals surface area contributed by atoms with Gasteiger partial charge in [-0.2, -0.15) is 5.10 Å². The summed E-state index contributed by atoms with van der Waals surface area (Å²) < 4.78 is 17.4. The van der Waals surface area contributed by atoms with Gasteiger partial charge in [-0.1, -0.05) is 15.9 Å². The van der Waals surface area contributed by atoms with Crippen molar-refractivity contribution in [3.05, 3.63) is 51.3 Å². The van der Waals surface area contributed by atoms with Crippen LogP contribution in [0.2, 0.25) is 0 Å². The van der Waals surface area contributed by atoms with E-state index in [2.05, 4.69) is 42.4 Å². The fraction of sp³-hybridized carbons (Fsp3) is 0.176. The smallest absolute Gasteiger partial charge is 0.277 e. The van der Waals surface area contributed by atoms with E-state index in [-0.39, 0.29) is 12.5 Å². The van der Waals surface area contributed by atoms with Gasteiger partial charge in [-0.05, 0) is 59.3 Å². The Bertz CT molecular complexity index is 786. The highest BCUT2D eigenvalue weighted by molar-refractivity contribution is 9.11. The molecule has 1 aromatic carbocycles. The minimum atomic E-state index is -0.386. The first-order valence-electron chi connectivity index (χ1n) is 7.20. The van der Waals surface area contributed by atoms with Gasteiger partial charge in [0.05, 0.1) is 23.6 Å². The van der Waals surface area contributed by atoms with E-state index >= 15 is 0 Å². The molecule has 0 radical (unpaired) electrons. The molecular weight excluding hydrogens is 456 g/mol. The molecule has 0 saturated heterocycles. The number of hydrogen-bond donors (Lipinski definition) is 1. The number of benzene rings is 1. The normalized spacial score (nSPS) is 11.6. The number of rotatable bonds is 7. The lowest BCUT2D eigenvalue weighted by molar-refractivity contribution is -0.123. The van der Waals surface area contributed by atoms with Gasteiger partial charge >= 0.3 is 0 Å². The molecular formula is C17H16Br2N2O4. The second kappa shape index (κ2) is 9.43. The summed E-state index contributed by atoms with van der Waals surface area (Å²) in [4.78, 5) is 11.9. The van der Waals surface area contributed by atoms with Crippen molar-refractivity contribution in [1.82, 2.24) is 5.43 Å². The Labute approximate surface area is 162 Å². The number of hydrazone groups is 1. The van der Waals surface area contributed by atoms with Crippen molar-refractivity contribution >= 4 is 49.6 Å². The van der Waals surface area contributed by atoms with Gasteiger partial charge in [0.1, 0.15) is 5.76 Å². The average Bonchev–Trinajstić information content (AvgIpc) is 3.10. The minimum Gasteiger partial charge on any atom is -0.493 e. The Morgan fingerprint density at radius 1 is 1.40 bits per heavy atom. The molecule has 0 aliphatic carbocycles. The first kappa shape index (κ1) is 19.3. The van der Waals surface area contributed by atoms with Gasteiger partial charge in [-0.3, -0.25) is 4.79 Å². The molecule has 0 aliphatic heterocycles. The van der Waals surface area contributed by atoms with Crippen molar-refractivity contribution in [1.29, 1.82) is 0 Å². The highest BCUT2D eigenvalue weighted by atomic mass is 79.9. The lowest BCUT2D eigenvalue weighted by Crippen LogP contribution is -2.25. The van der Waals surface area contributed by atoms with E-state index in [0.29, 0.717) is 27.4 Å². The van der Waals surface area contributed by atoms with Gasteiger partial charge in [0.15, 0.2) is 18.1 Å². The second-order valence-electron chi connectivity index (χ2n) is 4.84. The van der Waals surface area contributed by atoms with Gasteiger partial charge in [-0.15, -0.1) is 0 Å². The predicted octanol–water partition coefficient (Wildman–Crippen LogP) is 4.40. The Balaban J connectivity index is 1.90. The standard InChI is InChI=1S/C17H16Br2N2O4/c1-11(5-6-13-4-3-7-24-13)20-21-16(22)10-25-17-14(19)8-12(18)9-15(17)23-2/h3-9H,10H2,1-2H3,(H,21,22)/b6-5-,20-11?. The maximum Gasteiger partial charge on any atom is 0.277 e. The van der Waals surface area contributed by atoms with Crippen LogP contribution in [0.15, 0.2) is 55.1 Å². The van der Waals surface area contributed by atoms with Crippen LogP contribution in [0.25, 0.3) is 6.08 Å². The van der Waals surface area contributed by atoms with E-state index in [4.69, 9.17) is 13.9 Å². The maximum absolute atomic E-state index is 11.9. The number of nitrogens with zero attached hydrogens (tertiary/aromatic N) is 1. The molecule has 0 unspecified atom stereocenters. The van der Waals surface area contributed by atoms with Crippen molar-refractivity contribution < 1.29 is 18.7 Å². The van der Waals surface area contributed by atoms with Crippen molar-refractivity contribution in [2.75, 3.05) is 13.7 Å². The zero-order valence-corrected chi connectivity index (χ0v) is 16.8. The molecule has 25 heavy (non-hydrogen) atoms. The Hall–Kier alpha value is -2.06. The number of ether oxygens (including phenoxy) is 2. The molecule has 6 nitrogen and oxygen atoms in total. The van der Waals surface area contributed by atoms with Crippen molar-refractivity contribution in [2.45, 2.75) is 6.92 Å². The predicted molar refractivity (Wildman–Crippen MR) is 103 cm³/mol. The number of allylic oxidation sites excluding steroid dienone is 1. The number of carbonyl (C=O) groups is 1. The molecule has 0 atom stereocenters. The van der Waals surface area contributed by atoms with Gasteiger partial charge in [0.2, 0.25) is 0 Å². The molecule has 2 aromatic rings. The number of furan rings is 1. The molecule has 132 valence electrons. The summed E-state index contributed by atoms with van der Waals surface area (Å²) >= 11 is 6.74. The van der Waals surface area contributed by atoms with E-state index < -0.39 is 0 Å². The summed E-state index contributed by atoms with van der Waals surface area (Å²) in [7, 11) is 1.53.